The van der Waals surface area contributed by atoms with Crippen LogP contribution in [-0.4, -0.2) is 17.9 Å². The summed E-state index contributed by atoms with van der Waals surface area (Å²) in [5.74, 6) is 0.132. The Hall–Kier alpha value is -1.82. The fourth-order valence-electron chi connectivity index (χ4n) is 2.84. The molecule has 0 amide bonds. The van der Waals surface area contributed by atoms with E-state index < -0.39 is 0 Å². The predicted molar refractivity (Wildman–Crippen MR) is 76.2 cm³/mol. The van der Waals surface area contributed by atoms with E-state index >= 15 is 0 Å². The van der Waals surface area contributed by atoms with Gasteiger partial charge in [-0.05, 0) is 57.9 Å². The number of nitriles is 1. The molecule has 0 aromatic heterocycles. The fraction of sp³-hybridized carbons (Fsp3) is 0.500. The lowest BCUT2D eigenvalue weighted by Gasteiger charge is -2.47. The average Bonchev–Trinajstić information content (AvgIpc) is 2.38. The van der Waals surface area contributed by atoms with Crippen molar-refractivity contribution in [1.29, 1.82) is 5.26 Å². The van der Waals surface area contributed by atoms with Crippen molar-refractivity contribution < 1.29 is 4.79 Å². The second kappa shape index (κ2) is 5.05. The van der Waals surface area contributed by atoms with Gasteiger partial charge in [-0.3, -0.25) is 4.79 Å². The third-order valence-corrected chi connectivity index (χ3v) is 4.16. The molecule has 0 N–H and O–H groups in total. The van der Waals surface area contributed by atoms with Crippen molar-refractivity contribution in [2.45, 2.75) is 39.2 Å². The first kappa shape index (κ1) is 13.6. The summed E-state index contributed by atoms with van der Waals surface area (Å²) in [7, 11) is 0. The van der Waals surface area contributed by atoms with Crippen molar-refractivity contribution in [3.63, 3.8) is 0 Å². The zero-order valence-corrected chi connectivity index (χ0v) is 11.8. The summed E-state index contributed by atoms with van der Waals surface area (Å²) in [5.41, 5.74) is 1.66. The van der Waals surface area contributed by atoms with Crippen molar-refractivity contribution in [3.8, 4) is 6.07 Å². The second-order valence-electron chi connectivity index (χ2n) is 5.73. The molecule has 0 saturated carbocycles. The lowest BCUT2D eigenvalue weighted by molar-refractivity contribution is 0.101. The third kappa shape index (κ3) is 2.49. The molecule has 1 atom stereocenters. The number of piperidine rings is 1. The van der Waals surface area contributed by atoms with Crippen LogP contribution in [0.25, 0.3) is 0 Å². The van der Waals surface area contributed by atoms with Crippen molar-refractivity contribution in [2.24, 2.45) is 5.92 Å². The maximum absolute atomic E-state index is 11.3. The second-order valence-corrected chi connectivity index (χ2v) is 5.73. The number of rotatable bonds is 2. The fourth-order valence-corrected chi connectivity index (χ4v) is 2.84. The molecule has 3 nitrogen and oxygen atoms in total. The Bertz CT molecular complexity index is 511. The maximum atomic E-state index is 11.3. The third-order valence-electron chi connectivity index (χ3n) is 4.16. The Kier molecular flexibility index (Phi) is 3.61. The van der Waals surface area contributed by atoms with Crippen LogP contribution in [0.3, 0.4) is 0 Å². The molecule has 19 heavy (non-hydrogen) atoms. The Morgan fingerprint density at radius 3 is 2.53 bits per heavy atom. The van der Waals surface area contributed by atoms with Gasteiger partial charge in [-0.25, -0.2) is 0 Å². The van der Waals surface area contributed by atoms with E-state index in [0.29, 0.717) is 0 Å². The zero-order valence-electron chi connectivity index (χ0n) is 11.8. The number of anilines is 1. The lowest BCUT2D eigenvalue weighted by atomic mass is 9.79. The Morgan fingerprint density at radius 1 is 1.37 bits per heavy atom. The SMILES string of the molecule is CC(=O)c1ccc(N2CCCC(C#N)C2(C)C)cc1. The van der Waals surface area contributed by atoms with Crippen LogP contribution < -0.4 is 4.90 Å². The minimum absolute atomic E-state index is 0.0498. The minimum Gasteiger partial charge on any atom is -0.365 e. The largest absolute Gasteiger partial charge is 0.365 e. The molecule has 0 aliphatic carbocycles. The number of hydrogen-bond donors (Lipinski definition) is 0. The summed E-state index contributed by atoms with van der Waals surface area (Å²) in [5, 5.41) is 9.29. The summed E-state index contributed by atoms with van der Waals surface area (Å²) in [4.78, 5) is 13.6. The highest BCUT2D eigenvalue weighted by molar-refractivity contribution is 5.94. The number of ketones is 1. The van der Waals surface area contributed by atoms with Gasteiger partial charge in [-0.1, -0.05) is 0 Å². The van der Waals surface area contributed by atoms with Gasteiger partial charge in [-0.15, -0.1) is 0 Å². The van der Waals surface area contributed by atoms with Gasteiger partial charge in [0.25, 0.3) is 0 Å². The highest BCUT2D eigenvalue weighted by atomic mass is 16.1. The summed E-state index contributed by atoms with van der Waals surface area (Å²) in [6.45, 7) is 6.79. The first-order chi connectivity index (χ1) is 8.96. The number of Topliss-reactive ketones (excluding diaryl/α,β-unsaturated/α-hetero) is 1. The van der Waals surface area contributed by atoms with Crippen LogP contribution in [-0.2, 0) is 0 Å². The van der Waals surface area contributed by atoms with Gasteiger partial charge >= 0.3 is 0 Å². The smallest absolute Gasteiger partial charge is 0.159 e. The van der Waals surface area contributed by atoms with Crippen molar-refractivity contribution >= 4 is 11.5 Å². The molecule has 1 aromatic carbocycles. The van der Waals surface area contributed by atoms with Crippen LogP contribution in [0.15, 0.2) is 24.3 Å². The van der Waals surface area contributed by atoms with E-state index in [4.69, 9.17) is 0 Å². The van der Waals surface area contributed by atoms with Gasteiger partial charge < -0.3 is 4.90 Å². The molecule has 0 radical (unpaired) electrons. The highest BCUT2D eigenvalue weighted by Gasteiger charge is 2.38. The summed E-state index contributed by atoms with van der Waals surface area (Å²) in [6.07, 6.45) is 2.00. The number of hydrogen-bond acceptors (Lipinski definition) is 3. The molecular weight excluding hydrogens is 236 g/mol. The van der Waals surface area contributed by atoms with Gasteiger partial charge in [0, 0.05) is 17.8 Å². The van der Waals surface area contributed by atoms with Crippen LogP contribution in [0, 0.1) is 17.2 Å². The van der Waals surface area contributed by atoms with Gasteiger partial charge in [0.05, 0.1) is 17.5 Å². The van der Waals surface area contributed by atoms with Gasteiger partial charge in [0.15, 0.2) is 5.78 Å². The van der Waals surface area contributed by atoms with E-state index in [1.54, 1.807) is 6.92 Å². The molecule has 2 rings (SSSR count). The van der Waals surface area contributed by atoms with Crippen molar-refractivity contribution in [3.05, 3.63) is 29.8 Å². The summed E-state index contributed by atoms with van der Waals surface area (Å²) in [6, 6.07) is 10.1. The standard InChI is InChI=1S/C16H20N2O/c1-12(19)13-6-8-15(9-7-13)18-10-4-5-14(11-17)16(18,2)3/h6-9,14H,4-5,10H2,1-3H3. The molecule has 100 valence electrons. The van der Waals surface area contributed by atoms with Crippen LogP contribution in [0.1, 0.15) is 44.0 Å². The number of nitrogens with zero attached hydrogens (tertiary/aromatic N) is 2. The Labute approximate surface area is 114 Å². The quantitative estimate of drug-likeness (QED) is 0.762. The number of benzene rings is 1. The first-order valence-corrected chi connectivity index (χ1v) is 6.75. The molecule has 3 heteroatoms. The van der Waals surface area contributed by atoms with Crippen LogP contribution in [0.2, 0.25) is 0 Å². The Balaban J connectivity index is 2.30. The topological polar surface area (TPSA) is 44.1 Å². The molecule has 0 spiro atoms. The molecule has 1 aromatic rings. The predicted octanol–water partition coefficient (Wildman–Crippen LogP) is 3.41. The van der Waals surface area contributed by atoms with Gasteiger partial charge in [0.2, 0.25) is 0 Å². The molecule has 0 bridgehead atoms. The molecule has 1 aliphatic heterocycles. The zero-order chi connectivity index (χ0) is 14.0. The summed E-state index contributed by atoms with van der Waals surface area (Å²) < 4.78 is 0. The number of carbonyl (C=O) groups is 1. The van der Waals surface area contributed by atoms with Crippen LogP contribution in [0.5, 0.6) is 0 Å². The number of carbonyl (C=O) groups excluding carboxylic acids is 1. The van der Waals surface area contributed by atoms with Crippen molar-refractivity contribution in [1.82, 2.24) is 0 Å². The monoisotopic (exact) mass is 256 g/mol. The molecule has 1 fully saturated rings. The molecule has 1 aliphatic rings. The normalized spacial score (nSPS) is 21.8. The van der Waals surface area contributed by atoms with E-state index in [0.717, 1.165) is 30.6 Å². The lowest BCUT2D eigenvalue weighted by Crippen LogP contribution is -2.53. The minimum atomic E-state index is -0.162. The van der Waals surface area contributed by atoms with E-state index in [-0.39, 0.29) is 17.2 Å². The Morgan fingerprint density at radius 2 is 2.00 bits per heavy atom. The molecule has 1 unspecified atom stereocenters. The van der Waals surface area contributed by atoms with E-state index in [1.165, 1.54) is 0 Å². The van der Waals surface area contributed by atoms with E-state index in [2.05, 4.69) is 24.8 Å². The van der Waals surface area contributed by atoms with Crippen molar-refractivity contribution in [2.75, 3.05) is 11.4 Å². The van der Waals surface area contributed by atoms with Crippen LogP contribution in [0.4, 0.5) is 5.69 Å². The molecule has 1 saturated heterocycles. The molecular formula is C16H20N2O. The van der Waals surface area contributed by atoms with E-state index in [9.17, 15) is 10.1 Å². The van der Waals surface area contributed by atoms with Gasteiger partial charge in [0.1, 0.15) is 0 Å². The van der Waals surface area contributed by atoms with Crippen LogP contribution >= 0.6 is 0 Å². The maximum Gasteiger partial charge on any atom is 0.159 e. The van der Waals surface area contributed by atoms with Gasteiger partial charge in [-0.2, -0.15) is 5.26 Å². The first-order valence-electron chi connectivity index (χ1n) is 6.75. The summed E-state index contributed by atoms with van der Waals surface area (Å²) >= 11 is 0. The molecule has 1 heterocycles. The highest BCUT2D eigenvalue weighted by Crippen LogP contribution is 2.36. The van der Waals surface area contributed by atoms with E-state index in [1.807, 2.05) is 24.3 Å². The average molecular weight is 256 g/mol.